The van der Waals surface area contributed by atoms with E-state index in [1.54, 1.807) is 6.07 Å². The summed E-state index contributed by atoms with van der Waals surface area (Å²) < 4.78 is 59.3. The van der Waals surface area contributed by atoms with E-state index in [-0.39, 0.29) is 20.8 Å². The fraction of sp³-hybridized carbons (Fsp3) is 0. The number of carbonyl (C=O) groups excluding carboxylic acids is 1. The zero-order valence-corrected chi connectivity index (χ0v) is 22.9. The van der Waals surface area contributed by atoms with Crippen LogP contribution < -0.4 is 15.4 Å². The predicted molar refractivity (Wildman–Crippen MR) is 145 cm³/mol. The van der Waals surface area contributed by atoms with E-state index in [0.29, 0.717) is 20.9 Å². The van der Waals surface area contributed by atoms with Gasteiger partial charge in [-0.15, -0.1) is 0 Å². The molecule has 194 valence electrons. The van der Waals surface area contributed by atoms with Crippen molar-refractivity contribution in [3.63, 3.8) is 0 Å². The summed E-state index contributed by atoms with van der Waals surface area (Å²) in [6.45, 7) is 0. The highest BCUT2D eigenvalue weighted by molar-refractivity contribution is 9.10. The van der Waals surface area contributed by atoms with Gasteiger partial charge in [0.15, 0.2) is 5.11 Å². The van der Waals surface area contributed by atoms with Crippen LogP contribution >= 0.6 is 39.7 Å². The van der Waals surface area contributed by atoms with Crippen LogP contribution in [0.2, 0.25) is 5.02 Å². The molecular weight excluding hydrogens is 624 g/mol. The van der Waals surface area contributed by atoms with E-state index in [9.17, 15) is 22.0 Å². The maximum atomic E-state index is 13.8. The van der Waals surface area contributed by atoms with Crippen molar-refractivity contribution in [3.8, 4) is 11.6 Å². The molecule has 0 aliphatic rings. The lowest BCUT2D eigenvalue weighted by Gasteiger charge is -2.12. The lowest BCUT2D eigenvalue weighted by Crippen LogP contribution is -2.35. The van der Waals surface area contributed by atoms with Gasteiger partial charge in [0.2, 0.25) is 15.7 Å². The molecule has 13 heteroatoms. The standard InChI is InChI=1S/C25H15BrClF2N3O4S2/c26-19-12-15(31-25(37)32-23(33)22-20(28)2-1-3-21(22)29)13-30-24(19)36-16-6-10-18(11-7-16)38(34,35)17-8-4-14(27)5-9-17/h1-13H,(H2,31,32,33,37). The molecule has 1 heterocycles. The number of hydrogen-bond acceptors (Lipinski definition) is 6. The highest BCUT2D eigenvalue weighted by atomic mass is 79.9. The van der Waals surface area contributed by atoms with E-state index in [0.717, 1.165) is 18.2 Å². The van der Waals surface area contributed by atoms with Crippen molar-refractivity contribution < 1.29 is 26.7 Å². The molecule has 1 aromatic heterocycles. The van der Waals surface area contributed by atoms with Crippen molar-refractivity contribution in [1.82, 2.24) is 10.3 Å². The number of carbonyl (C=O) groups is 1. The van der Waals surface area contributed by atoms with Crippen LogP contribution in [-0.4, -0.2) is 24.4 Å². The molecular formula is C25H15BrClF2N3O4S2. The van der Waals surface area contributed by atoms with E-state index >= 15 is 0 Å². The Kier molecular flexibility index (Phi) is 8.36. The molecule has 0 radical (unpaired) electrons. The van der Waals surface area contributed by atoms with Crippen LogP contribution in [-0.2, 0) is 9.84 Å². The minimum Gasteiger partial charge on any atom is -0.438 e. The molecule has 0 saturated carbocycles. The molecule has 3 aromatic carbocycles. The maximum absolute atomic E-state index is 13.8. The molecule has 38 heavy (non-hydrogen) atoms. The molecule has 4 rings (SSSR count). The van der Waals surface area contributed by atoms with Crippen LogP contribution in [0.1, 0.15) is 10.4 Å². The summed E-state index contributed by atoms with van der Waals surface area (Å²) >= 11 is 14.2. The average molecular weight is 639 g/mol. The van der Waals surface area contributed by atoms with Crippen molar-refractivity contribution in [2.75, 3.05) is 5.32 Å². The van der Waals surface area contributed by atoms with E-state index in [4.69, 9.17) is 28.6 Å². The minimum absolute atomic E-state index is 0.0737. The number of halogens is 4. The number of aromatic nitrogens is 1. The number of ether oxygens (including phenoxy) is 1. The summed E-state index contributed by atoms with van der Waals surface area (Å²) in [6, 6.07) is 16.2. The van der Waals surface area contributed by atoms with Crippen LogP contribution in [0.15, 0.2) is 93.3 Å². The first kappa shape index (κ1) is 27.6. The first-order chi connectivity index (χ1) is 18.0. The van der Waals surface area contributed by atoms with Gasteiger partial charge in [-0.25, -0.2) is 22.2 Å². The molecule has 1 amide bonds. The molecule has 7 nitrogen and oxygen atoms in total. The Bertz CT molecular complexity index is 1620. The number of thiocarbonyl (C=S) groups is 1. The first-order valence-corrected chi connectivity index (χ1v) is 13.6. The number of benzene rings is 3. The maximum Gasteiger partial charge on any atom is 0.263 e. The van der Waals surface area contributed by atoms with Crippen LogP contribution in [0.4, 0.5) is 14.5 Å². The predicted octanol–water partition coefficient (Wildman–Crippen LogP) is 6.53. The Labute approximate surface area is 234 Å². The van der Waals surface area contributed by atoms with Gasteiger partial charge in [0.1, 0.15) is 22.9 Å². The zero-order valence-electron chi connectivity index (χ0n) is 18.9. The Balaban J connectivity index is 1.41. The van der Waals surface area contributed by atoms with Gasteiger partial charge in [-0.3, -0.25) is 10.1 Å². The van der Waals surface area contributed by atoms with E-state index < -0.39 is 32.9 Å². The molecule has 0 aliphatic carbocycles. The fourth-order valence-electron chi connectivity index (χ4n) is 3.16. The summed E-state index contributed by atoms with van der Waals surface area (Å²) in [5, 5.41) is 5.11. The third-order valence-corrected chi connectivity index (χ3v) is 7.76. The minimum atomic E-state index is -3.73. The first-order valence-electron chi connectivity index (χ1n) is 10.5. The third-order valence-electron chi connectivity index (χ3n) is 4.95. The van der Waals surface area contributed by atoms with Crippen molar-refractivity contribution in [2.45, 2.75) is 9.79 Å². The summed E-state index contributed by atoms with van der Waals surface area (Å²) in [5.41, 5.74) is -0.417. The van der Waals surface area contributed by atoms with Crippen LogP contribution in [0.3, 0.4) is 0 Å². The summed E-state index contributed by atoms with van der Waals surface area (Å²) in [6.07, 6.45) is 1.35. The lowest BCUT2D eigenvalue weighted by molar-refractivity contribution is 0.0969. The Morgan fingerprint density at radius 1 is 0.974 bits per heavy atom. The van der Waals surface area contributed by atoms with Gasteiger partial charge in [0.25, 0.3) is 5.91 Å². The van der Waals surface area contributed by atoms with Crippen molar-refractivity contribution in [2.24, 2.45) is 0 Å². The smallest absolute Gasteiger partial charge is 0.263 e. The van der Waals surface area contributed by atoms with Crippen molar-refractivity contribution in [3.05, 3.63) is 106 Å². The van der Waals surface area contributed by atoms with Gasteiger partial charge in [0.05, 0.1) is 26.1 Å². The fourth-order valence-corrected chi connectivity index (χ4v) is 5.19. The quantitative estimate of drug-likeness (QED) is 0.232. The third kappa shape index (κ3) is 6.33. The highest BCUT2D eigenvalue weighted by Crippen LogP contribution is 2.31. The SMILES string of the molecule is O=C(NC(=S)Nc1cnc(Oc2ccc(S(=O)(=O)c3ccc(Cl)cc3)cc2)c(Br)c1)c1c(F)cccc1F. The molecule has 0 saturated heterocycles. The second-order valence-electron chi connectivity index (χ2n) is 7.55. The zero-order chi connectivity index (χ0) is 27.4. The van der Waals surface area contributed by atoms with Crippen molar-refractivity contribution >= 4 is 66.3 Å². The van der Waals surface area contributed by atoms with Gasteiger partial charge in [0, 0.05) is 5.02 Å². The molecule has 0 unspecified atom stereocenters. The topological polar surface area (TPSA) is 97.4 Å². The monoisotopic (exact) mass is 637 g/mol. The molecule has 0 aliphatic heterocycles. The van der Waals surface area contributed by atoms with Crippen LogP contribution in [0, 0.1) is 11.6 Å². The Morgan fingerprint density at radius 3 is 2.13 bits per heavy atom. The molecule has 0 bridgehead atoms. The summed E-state index contributed by atoms with van der Waals surface area (Å²) in [5.74, 6) is -2.61. The average Bonchev–Trinajstić information content (AvgIpc) is 2.86. The number of rotatable bonds is 6. The highest BCUT2D eigenvalue weighted by Gasteiger charge is 2.19. The van der Waals surface area contributed by atoms with Crippen LogP contribution in [0.25, 0.3) is 0 Å². The number of sulfone groups is 1. The second-order valence-corrected chi connectivity index (χ2v) is 11.2. The lowest BCUT2D eigenvalue weighted by atomic mass is 10.2. The Morgan fingerprint density at radius 2 is 1.55 bits per heavy atom. The van der Waals surface area contributed by atoms with Gasteiger partial charge in [-0.1, -0.05) is 17.7 Å². The molecule has 0 atom stereocenters. The van der Waals surface area contributed by atoms with Crippen molar-refractivity contribution in [1.29, 1.82) is 0 Å². The van der Waals surface area contributed by atoms with Gasteiger partial charge < -0.3 is 10.1 Å². The number of pyridine rings is 1. The number of amides is 1. The van der Waals surface area contributed by atoms with Gasteiger partial charge in [-0.2, -0.15) is 0 Å². The Hall–Kier alpha value is -3.45. The number of hydrogen-bond donors (Lipinski definition) is 2. The summed E-state index contributed by atoms with van der Waals surface area (Å²) in [4.78, 5) is 16.5. The number of nitrogens with one attached hydrogen (secondary N) is 2. The van der Waals surface area contributed by atoms with Gasteiger partial charge in [-0.05, 0) is 94.9 Å². The van der Waals surface area contributed by atoms with E-state index in [2.05, 4.69) is 31.5 Å². The second kappa shape index (κ2) is 11.5. The van der Waals surface area contributed by atoms with E-state index in [1.807, 2.05) is 0 Å². The molecule has 2 N–H and O–H groups in total. The number of nitrogens with zero attached hydrogens (tertiary/aromatic N) is 1. The van der Waals surface area contributed by atoms with Gasteiger partial charge >= 0.3 is 0 Å². The van der Waals surface area contributed by atoms with Crippen LogP contribution in [0.5, 0.6) is 11.6 Å². The molecule has 4 aromatic rings. The van der Waals surface area contributed by atoms with E-state index in [1.165, 1.54) is 54.7 Å². The normalized spacial score (nSPS) is 11.1. The number of anilines is 1. The largest absolute Gasteiger partial charge is 0.438 e. The molecule has 0 spiro atoms. The molecule has 0 fully saturated rings. The summed E-state index contributed by atoms with van der Waals surface area (Å²) in [7, 11) is -3.73.